The Kier molecular flexibility index (Phi) is 4.78. The van der Waals surface area contributed by atoms with E-state index in [0.29, 0.717) is 18.7 Å². The minimum atomic E-state index is -3.59. The molecule has 0 fully saturated rings. The monoisotopic (exact) mass is 360 g/mol. The molecule has 0 aromatic heterocycles. The average molecular weight is 360 g/mol. The molecule has 132 valence electrons. The fourth-order valence-electron chi connectivity index (χ4n) is 2.74. The minimum absolute atomic E-state index is 0.114. The van der Waals surface area contributed by atoms with Crippen LogP contribution in [0.3, 0.4) is 0 Å². The zero-order chi connectivity index (χ0) is 18.0. The van der Waals surface area contributed by atoms with Gasteiger partial charge in [0.15, 0.2) is 0 Å². The Labute approximate surface area is 147 Å². The molecule has 25 heavy (non-hydrogen) atoms. The lowest BCUT2D eigenvalue weighted by Crippen LogP contribution is -2.29. The number of anilines is 1. The molecule has 3 rings (SSSR count). The van der Waals surface area contributed by atoms with Crippen LogP contribution >= 0.6 is 0 Å². The molecule has 0 radical (unpaired) electrons. The van der Waals surface area contributed by atoms with Crippen LogP contribution in [-0.2, 0) is 27.7 Å². The number of carbonyl (C=O) groups is 1. The number of hydrogen-bond donors (Lipinski definition) is 1. The molecule has 0 atom stereocenters. The van der Waals surface area contributed by atoms with E-state index in [4.69, 9.17) is 4.74 Å². The third-order valence-electron chi connectivity index (χ3n) is 4.28. The number of ether oxygens (including phenoxy) is 1. The number of nitrogens with zero attached hydrogens (tertiary/aromatic N) is 1. The SMILES string of the molecule is COc1ccc(CCN(C)S(=O)(=O)c2ccc3c(c2)CC(=O)N3)cc1. The summed E-state index contributed by atoms with van der Waals surface area (Å²) in [5, 5.41) is 2.70. The molecule has 0 aliphatic carbocycles. The molecular weight excluding hydrogens is 340 g/mol. The molecule has 1 amide bonds. The minimum Gasteiger partial charge on any atom is -0.497 e. The van der Waals surface area contributed by atoms with Gasteiger partial charge in [0.1, 0.15) is 5.75 Å². The third-order valence-corrected chi connectivity index (χ3v) is 6.14. The van der Waals surface area contributed by atoms with Crippen molar-refractivity contribution in [3.8, 4) is 5.75 Å². The van der Waals surface area contributed by atoms with Gasteiger partial charge in [0.25, 0.3) is 0 Å². The number of likely N-dealkylation sites (N-methyl/N-ethyl adjacent to an activating group) is 1. The van der Waals surface area contributed by atoms with E-state index in [1.807, 2.05) is 24.3 Å². The maximum atomic E-state index is 12.7. The number of nitrogens with one attached hydrogen (secondary N) is 1. The number of hydrogen-bond acceptors (Lipinski definition) is 4. The summed E-state index contributed by atoms with van der Waals surface area (Å²) < 4.78 is 31.9. The summed E-state index contributed by atoms with van der Waals surface area (Å²) in [6, 6.07) is 12.3. The van der Waals surface area contributed by atoms with Crippen LogP contribution in [0.5, 0.6) is 5.75 Å². The molecule has 1 aliphatic heterocycles. The first-order chi connectivity index (χ1) is 11.9. The van der Waals surface area contributed by atoms with E-state index in [1.54, 1.807) is 26.3 Å². The summed E-state index contributed by atoms with van der Waals surface area (Å²) in [6.07, 6.45) is 0.818. The average Bonchev–Trinajstić information content (AvgIpc) is 2.99. The van der Waals surface area contributed by atoms with E-state index in [-0.39, 0.29) is 17.2 Å². The Morgan fingerprint density at radius 3 is 2.56 bits per heavy atom. The zero-order valence-electron chi connectivity index (χ0n) is 14.2. The van der Waals surface area contributed by atoms with Crippen molar-refractivity contribution in [2.24, 2.45) is 0 Å². The highest BCUT2D eigenvalue weighted by Crippen LogP contribution is 2.27. The maximum absolute atomic E-state index is 12.7. The molecule has 0 saturated heterocycles. The van der Waals surface area contributed by atoms with Crippen molar-refractivity contribution in [1.29, 1.82) is 0 Å². The summed E-state index contributed by atoms with van der Waals surface area (Å²) >= 11 is 0. The second-order valence-corrected chi connectivity index (χ2v) is 8.01. The Morgan fingerprint density at radius 1 is 1.16 bits per heavy atom. The van der Waals surface area contributed by atoms with Crippen molar-refractivity contribution >= 4 is 21.6 Å². The molecule has 2 aromatic carbocycles. The van der Waals surface area contributed by atoms with Crippen molar-refractivity contribution < 1.29 is 17.9 Å². The molecule has 1 heterocycles. The van der Waals surface area contributed by atoms with Crippen molar-refractivity contribution in [1.82, 2.24) is 4.31 Å². The summed E-state index contributed by atoms with van der Waals surface area (Å²) in [4.78, 5) is 11.6. The van der Waals surface area contributed by atoms with Gasteiger partial charge in [-0.15, -0.1) is 0 Å². The number of amides is 1. The lowest BCUT2D eigenvalue weighted by molar-refractivity contribution is -0.115. The van der Waals surface area contributed by atoms with Gasteiger partial charge in [-0.3, -0.25) is 4.79 Å². The number of rotatable bonds is 6. The molecule has 1 N–H and O–H groups in total. The fourth-order valence-corrected chi connectivity index (χ4v) is 3.97. The van der Waals surface area contributed by atoms with Crippen molar-refractivity contribution in [2.45, 2.75) is 17.7 Å². The van der Waals surface area contributed by atoms with Gasteiger partial charge in [0.2, 0.25) is 15.9 Å². The molecule has 2 aromatic rings. The molecule has 0 spiro atoms. The van der Waals surface area contributed by atoms with Gasteiger partial charge in [-0.25, -0.2) is 12.7 Å². The van der Waals surface area contributed by atoms with Crippen LogP contribution in [0.15, 0.2) is 47.4 Å². The second-order valence-electron chi connectivity index (χ2n) is 5.97. The van der Waals surface area contributed by atoms with Gasteiger partial charge in [-0.1, -0.05) is 12.1 Å². The second kappa shape index (κ2) is 6.85. The molecule has 0 unspecified atom stereocenters. The van der Waals surface area contributed by atoms with Crippen LogP contribution in [0, 0.1) is 0 Å². The number of carbonyl (C=O) groups excluding carboxylic acids is 1. The maximum Gasteiger partial charge on any atom is 0.242 e. The standard InChI is InChI=1S/C18H20N2O4S/c1-20(10-9-13-3-5-15(24-2)6-4-13)25(22,23)16-7-8-17-14(11-16)12-18(21)19-17/h3-8,11H,9-10,12H2,1-2H3,(H,19,21). The summed E-state index contributed by atoms with van der Waals surface area (Å²) in [6.45, 7) is 0.364. The highest BCUT2D eigenvalue weighted by molar-refractivity contribution is 7.89. The Hall–Kier alpha value is -2.38. The molecule has 1 aliphatic rings. The molecule has 0 bridgehead atoms. The van der Waals surface area contributed by atoms with Gasteiger partial charge in [0, 0.05) is 19.3 Å². The predicted molar refractivity (Wildman–Crippen MR) is 95.3 cm³/mol. The molecule has 6 nitrogen and oxygen atoms in total. The first-order valence-corrected chi connectivity index (χ1v) is 9.36. The van der Waals surface area contributed by atoms with Crippen LogP contribution in [0.25, 0.3) is 0 Å². The smallest absolute Gasteiger partial charge is 0.242 e. The van der Waals surface area contributed by atoms with Crippen LogP contribution in [0.4, 0.5) is 5.69 Å². The normalized spacial score (nSPS) is 13.6. The topological polar surface area (TPSA) is 75.7 Å². The van der Waals surface area contributed by atoms with Crippen molar-refractivity contribution in [3.63, 3.8) is 0 Å². The Bertz CT molecular complexity index is 892. The van der Waals surface area contributed by atoms with Gasteiger partial charge < -0.3 is 10.1 Å². The van der Waals surface area contributed by atoms with E-state index >= 15 is 0 Å². The fraction of sp³-hybridized carbons (Fsp3) is 0.278. The Balaban J connectivity index is 1.71. The van der Waals surface area contributed by atoms with Gasteiger partial charge in [0.05, 0.1) is 18.4 Å². The van der Waals surface area contributed by atoms with Gasteiger partial charge in [-0.05, 0) is 47.9 Å². The van der Waals surface area contributed by atoms with Gasteiger partial charge in [-0.2, -0.15) is 0 Å². The molecule has 0 saturated carbocycles. The van der Waals surface area contributed by atoms with E-state index in [9.17, 15) is 13.2 Å². The number of fused-ring (bicyclic) bond motifs is 1. The summed E-state index contributed by atoms with van der Waals surface area (Å²) in [5.74, 6) is 0.656. The van der Waals surface area contributed by atoms with E-state index < -0.39 is 10.0 Å². The zero-order valence-corrected chi connectivity index (χ0v) is 15.0. The van der Waals surface area contributed by atoms with Gasteiger partial charge >= 0.3 is 0 Å². The predicted octanol–water partition coefficient (Wildman–Crippen LogP) is 2.05. The van der Waals surface area contributed by atoms with Crippen LogP contribution in [0.2, 0.25) is 0 Å². The van der Waals surface area contributed by atoms with E-state index in [2.05, 4.69) is 5.32 Å². The van der Waals surface area contributed by atoms with Crippen LogP contribution in [0.1, 0.15) is 11.1 Å². The quantitative estimate of drug-likeness (QED) is 0.855. The molecular formula is C18H20N2O4S. The van der Waals surface area contributed by atoms with Crippen molar-refractivity contribution in [2.75, 3.05) is 26.0 Å². The third kappa shape index (κ3) is 3.67. The lowest BCUT2D eigenvalue weighted by atomic mass is 10.1. The molecule has 7 heteroatoms. The highest BCUT2D eigenvalue weighted by atomic mass is 32.2. The first kappa shape index (κ1) is 17.4. The summed E-state index contributed by atoms with van der Waals surface area (Å²) in [7, 11) is -0.420. The summed E-state index contributed by atoms with van der Waals surface area (Å²) in [5.41, 5.74) is 2.44. The number of benzene rings is 2. The van der Waals surface area contributed by atoms with Crippen LogP contribution < -0.4 is 10.1 Å². The van der Waals surface area contributed by atoms with Crippen LogP contribution in [-0.4, -0.2) is 39.3 Å². The lowest BCUT2D eigenvalue weighted by Gasteiger charge is -2.18. The Morgan fingerprint density at radius 2 is 1.88 bits per heavy atom. The van der Waals surface area contributed by atoms with E-state index in [1.165, 1.54) is 10.4 Å². The number of sulfonamides is 1. The number of methoxy groups -OCH3 is 1. The van der Waals surface area contributed by atoms with Crippen molar-refractivity contribution in [3.05, 3.63) is 53.6 Å². The van der Waals surface area contributed by atoms with E-state index in [0.717, 1.165) is 16.9 Å². The first-order valence-electron chi connectivity index (χ1n) is 7.92. The largest absolute Gasteiger partial charge is 0.497 e. The highest BCUT2D eigenvalue weighted by Gasteiger charge is 2.24.